The number of carboxylic acid groups (broad SMARTS) is 1. The Kier molecular flexibility index (Phi) is 4.10. The number of carboxylic acids is 1. The number of hydrogen-bond acceptors (Lipinski definition) is 2. The van der Waals surface area contributed by atoms with Gasteiger partial charge in [-0.2, -0.15) is 0 Å². The second-order valence-corrected chi connectivity index (χ2v) is 5.39. The number of carbonyl (C=O) groups is 2. The van der Waals surface area contributed by atoms with Crippen LogP contribution in [0.2, 0.25) is 5.02 Å². The average molecular weight is 282 g/mol. The number of aliphatic carboxylic acids is 1. The highest BCUT2D eigenvalue weighted by molar-refractivity contribution is 6.31. The first kappa shape index (κ1) is 13.9. The molecule has 0 aromatic heterocycles. The Bertz CT molecular complexity index is 515. The van der Waals surface area contributed by atoms with Crippen LogP contribution in [0.5, 0.6) is 0 Å². The minimum atomic E-state index is -0.779. The molecule has 1 aromatic carbocycles. The lowest BCUT2D eigenvalue weighted by atomic mass is 10.1. The third-order valence-corrected chi connectivity index (χ3v) is 3.96. The van der Waals surface area contributed by atoms with Gasteiger partial charge >= 0.3 is 5.97 Å². The predicted octanol–water partition coefficient (Wildman–Crippen LogP) is 2.63. The molecule has 1 saturated carbocycles. The lowest BCUT2D eigenvalue weighted by Crippen LogP contribution is -2.33. The summed E-state index contributed by atoms with van der Waals surface area (Å²) in [6.45, 7) is 1.84. The average Bonchev–Trinajstić information content (AvgIpc) is 2.81. The maximum Gasteiger partial charge on any atom is 0.306 e. The topological polar surface area (TPSA) is 66.4 Å². The van der Waals surface area contributed by atoms with Crippen molar-refractivity contribution in [2.24, 2.45) is 5.92 Å². The fourth-order valence-corrected chi connectivity index (χ4v) is 2.51. The Balaban J connectivity index is 1.98. The standard InChI is InChI=1S/C14H16ClNO3/c1-8-6-9(3-5-12(8)15)13(17)16-11-4-2-10(7-11)14(18)19/h3,5-6,10-11H,2,4,7H2,1H3,(H,16,17)(H,18,19)/t10-,11+/m0/s1. The number of hydrogen-bond donors (Lipinski definition) is 2. The quantitative estimate of drug-likeness (QED) is 0.895. The van der Waals surface area contributed by atoms with Gasteiger partial charge in [-0.05, 0) is 49.9 Å². The molecule has 0 bridgehead atoms. The van der Waals surface area contributed by atoms with Crippen LogP contribution in [0.3, 0.4) is 0 Å². The number of carbonyl (C=O) groups excluding carboxylic acids is 1. The van der Waals surface area contributed by atoms with E-state index in [4.69, 9.17) is 16.7 Å². The van der Waals surface area contributed by atoms with Gasteiger partial charge in [0.2, 0.25) is 0 Å². The molecule has 1 aromatic rings. The molecule has 0 aliphatic heterocycles. The van der Waals surface area contributed by atoms with Crippen LogP contribution in [0.4, 0.5) is 0 Å². The van der Waals surface area contributed by atoms with Crippen LogP contribution in [0.15, 0.2) is 18.2 Å². The molecule has 2 N–H and O–H groups in total. The molecule has 1 aliphatic carbocycles. The highest BCUT2D eigenvalue weighted by Crippen LogP contribution is 2.26. The first-order chi connectivity index (χ1) is 8.97. The van der Waals surface area contributed by atoms with Crippen molar-refractivity contribution in [1.82, 2.24) is 5.32 Å². The van der Waals surface area contributed by atoms with E-state index in [0.717, 1.165) is 12.0 Å². The molecule has 2 atom stereocenters. The van der Waals surface area contributed by atoms with Gasteiger partial charge in [0, 0.05) is 16.6 Å². The number of benzene rings is 1. The maximum atomic E-state index is 12.0. The van der Waals surface area contributed by atoms with Gasteiger partial charge in [0.25, 0.3) is 5.91 Å². The SMILES string of the molecule is Cc1cc(C(=O)N[C@@H]2CC[C@H](C(=O)O)C2)ccc1Cl. The Hall–Kier alpha value is -1.55. The maximum absolute atomic E-state index is 12.0. The van der Waals surface area contributed by atoms with Crippen LogP contribution < -0.4 is 5.32 Å². The summed E-state index contributed by atoms with van der Waals surface area (Å²) in [5.41, 5.74) is 1.41. The van der Waals surface area contributed by atoms with E-state index in [1.54, 1.807) is 18.2 Å². The number of nitrogens with one attached hydrogen (secondary N) is 1. The van der Waals surface area contributed by atoms with Crippen molar-refractivity contribution >= 4 is 23.5 Å². The van der Waals surface area contributed by atoms with Crippen molar-refractivity contribution in [3.63, 3.8) is 0 Å². The van der Waals surface area contributed by atoms with Gasteiger partial charge in [-0.25, -0.2) is 0 Å². The molecule has 1 aliphatic rings. The minimum Gasteiger partial charge on any atom is -0.481 e. The summed E-state index contributed by atoms with van der Waals surface area (Å²) in [6.07, 6.45) is 1.85. The lowest BCUT2D eigenvalue weighted by Gasteiger charge is -2.13. The largest absolute Gasteiger partial charge is 0.481 e. The zero-order valence-electron chi connectivity index (χ0n) is 10.6. The molecule has 0 heterocycles. The predicted molar refractivity (Wildman–Crippen MR) is 72.4 cm³/mol. The number of halogens is 1. The lowest BCUT2D eigenvalue weighted by molar-refractivity contribution is -0.141. The van der Waals surface area contributed by atoms with Gasteiger partial charge in [0.1, 0.15) is 0 Å². The van der Waals surface area contributed by atoms with Crippen LogP contribution in [-0.2, 0) is 4.79 Å². The summed E-state index contributed by atoms with van der Waals surface area (Å²) in [7, 11) is 0. The van der Waals surface area contributed by atoms with E-state index in [-0.39, 0.29) is 17.9 Å². The molecule has 5 heteroatoms. The van der Waals surface area contributed by atoms with Gasteiger partial charge in [0.15, 0.2) is 0 Å². The van der Waals surface area contributed by atoms with Crippen LogP contribution >= 0.6 is 11.6 Å². The molecule has 1 amide bonds. The molecular weight excluding hydrogens is 266 g/mol. The normalized spacial score (nSPS) is 22.2. The van der Waals surface area contributed by atoms with Crippen molar-refractivity contribution in [2.45, 2.75) is 32.2 Å². The Morgan fingerprint density at radius 3 is 2.68 bits per heavy atom. The smallest absolute Gasteiger partial charge is 0.306 e. The van der Waals surface area contributed by atoms with Crippen molar-refractivity contribution in [1.29, 1.82) is 0 Å². The minimum absolute atomic E-state index is 0.0513. The number of aryl methyl sites for hydroxylation is 1. The van der Waals surface area contributed by atoms with E-state index in [1.165, 1.54) is 0 Å². The molecule has 0 radical (unpaired) electrons. The highest BCUT2D eigenvalue weighted by Gasteiger charge is 2.30. The molecular formula is C14H16ClNO3. The summed E-state index contributed by atoms with van der Waals surface area (Å²) in [5.74, 6) is -1.29. The number of amides is 1. The first-order valence-electron chi connectivity index (χ1n) is 6.27. The first-order valence-corrected chi connectivity index (χ1v) is 6.65. The number of rotatable bonds is 3. The molecule has 0 saturated heterocycles. The van der Waals surface area contributed by atoms with Crippen LogP contribution in [0.1, 0.15) is 35.2 Å². The Labute approximate surface area is 116 Å². The summed E-state index contributed by atoms with van der Waals surface area (Å²) in [6, 6.07) is 5.06. The van der Waals surface area contributed by atoms with E-state index in [2.05, 4.69) is 5.32 Å². The van der Waals surface area contributed by atoms with Crippen LogP contribution in [0, 0.1) is 12.8 Å². The van der Waals surface area contributed by atoms with E-state index in [1.807, 2.05) is 6.92 Å². The highest BCUT2D eigenvalue weighted by atomic mass is 35.5. The van der Waals surface area contributed by atoms with E-state index in [0.29, 0.717) is 23.4 Å². The second-order valence-electron chi connectivity index (χ2n) is 4.98. The van der Waals surface area contributed by atoms with Crippen molar-refractivity contribution in [2.75, 3.05) is 0 Å². The van der Waals surface area contributed by atoms with Gasteiger partial charge in [-0.15, -0.1) is 0 Å². The Morgan fingerprint density at radius 1 is 1.37 bits per heavy atom. The summed E-state index contributed by atoms with van der Waals surface area (Å²) in [4.78, 5) is 22.9. The van der Waals surface area contributed by atoms with Crippen LogP contribution in [0.25, 0.3) is 0 Å². The monoisotopic (exact) mass is 281 g/mol. The van der Waals surface area contributed by atoms with Crippen molar-refractivity contribution in [3.8, 4) is 0 Å². The third-order valence-electron chi connectivity index (χ3n) is 3.54. The summed E-state index contributed by atoms with van der Waals surface area (Å²) < 4.78 is 0. The zero-order chi connectivity index (χ0) is 14.0. The third kappa shape index (κ3) is 3.26. The van der Waals surface area contributed by atoms with Crippen molar-refractivity contribution < 1.29 is 14.7 Å². The second kappa shape index (κ2) is 5.61. The van der Waals surface area contributed by atoms with E-state index < -0.39 is 5.97 Å². The van der Waals surface area contributed by atoms with Crippen LogP contribution in [-0.4, -0.2) is 23.0 Å². The molecule has 19 heavy (non-hydrogen) atoms. The fourth-order valence-electron chi connectivity index (χ4n) is 2.39. The summed E-state index contributed by atoms with van der Waals surface area (Å²) >= 11 is 5.91. The van der Waals surface area contributed by atoms with E-state index in [9.17, 15) is 9.59 Å². The zero-order valence-corrected chi connectivity index (χ0v) is 11.4. The molecule has 102 valence electrons. The van der Waals surface area contributed by atoms with Gasteiger partial charge < -0.3 is 10.4 Å². The summed E-state index contributed by atoms with van der Waals surface area (Å²) in [5, 5.41) is 12.4. The van der Waals surface area contributed by atoms with E-state index >= 15 is 0 Å². The molecule has 1 fully saturated rings. The van der Waals surface area contributed by atoms with Gasteiger partial charge in [-0.3, -0.25) is 9.59 Å². The van der Waals surface area contributed by atoms with Gasteiger partial charge in [-0.1, -0.05) is 11.6 Å². The van der Waals surface area contributed by atoms with Gasteiger partial charge in [0.05, 0.1) is 5.92 Å². The molecule has 4 nitrogen and oxygen atoms in total. The fraction of sp³-hybridized carbons (Fsp3) is 0.429. The molecule has 0 unspecified atom stereocenters. The Morgan fingerprint density at radius 2 is 2.11 bits per heavy atom. The van der Waals surface area contributed by atoms with Crippen molar-refractivity contribution in [3.05, 3.63) is 34.3 Å². The molecule has 0 spiro atoms. The molecule has 2 rings (SSSR count).